The minimum atomic E-state index is -0.362. The maximum atomic E-state index is 12.8. The Balaban J connectivity index is 1.93. The minimum Gasteiger partial charge on any atom is -0.469 e. The van der Waals surface area contributed by atoms with Gasteiger partial charge in [-0.2, -0.15) is 0 Å². The lowest BCUT2D eigenvalue weighted by Gasteiger charge is -2.12. The molecule has 0 N–H and O–H groups in total. The summed E-state index contributed by atoms with van der Waals surface area (Å²) in [7, 11) is 1.33. The van der Waals surface area contributed by atoms with Crippen LogP contribution >= 0.6 is 23.4 Å². The normalized spacial score (nSPS) is 10.8. The molecule has 26 heavy (non-hydrogen) atoms. The number of ether oxygens (including phenoxy) is 1. The van der Waals surface area contributed by atoms with Crippen molar-refractivity contribution in [2.45, 2.75) is 23.9 Å². The second-order valence-corrected chi connectivity index (χ2v) is 6.99. The Morgan fingerprint density at radius 3 is 2.65 bits per heavy atom. The number of para-hydroxylation sites is 1. The second-order valence-electron chi connectivity index (χ2n) is 5.61. The number of methoxy groups -OCH3 is 1. The van der Waals surface area contributed by atoms with Gasteiger partial charge in [-0.15, -0.1) is 0 Å². The van der Waals surface area contributed by atoms with Crippen molar-refractivity contribution in [3.05, 3.63) is 69.5 Å². The van der Waals surface area contributed by atoms with E-state index in [1.165, 1.54) is 18.9 Å². The van der Waals surface area contributed by atoms with Crippen LogP contribution in [0, 0.1) is 0 Å². The summed E-state index contributed by atoms with van der Waals surface area (Å²) in [5.74, 6) is 0.277. The van der Waals surface area contributed by atoms with E-state index in [9.17, 15) is 9.59 Å². The van der Waals surface area contributed by atoms with Gasteiger partial charge < -0.3 is 4.74 Å². The van der Waals surface area contributed by atoms with Gasteiger partial charge in [0.15, 0.2) is 5.16 Å². The number of hydrogen-bond acceptors (Lipinski definition) is 5. The molecule has 0 spiro atoms. The van der Waals surface area contributed by atoms with E-state index < -0.39 is 0 Å². The fraction of sp³-hybridized carbons (Fsp3) is 0.211. The molecule has 0 fully saturated rings. The van der Waals surface area contributed by atoms with Gasteiger partial charge in [0.1, 0.15) is 0 Å². The SMILES string of the molecule is COC(=O)CCn1c(SCc2ccc(Cl)cc2)nc2ccccc2c1=O. The van der Waals surface area contributed by atoms with Gasteiger partial charge in [-0.05, 0) is 29.8 Å². The van der Waals surface area contributed by atoms with Crippen LogP contribution in [0.2, 0.25) is 5.02 Å². The topological polar surface area (TPSA) is 61.2 Å². The van der Waals surface area contributed by atoms with Gasteiger partial charge in [-0.25, -0.2) is 4.98 Å². The highest BCUT2D eigenvalue weighted by molar-refractivity contribution is 7.98. The molecule has 1 heterocycles. The van der Waals surface area contributed by atoms with E-state index in [4.69, 9.17) is 11.6 Å². The third kappa shape index (κ3) is 4.26. The predicted octanol–water partition coefficient (Wildman–Crippen LogP) is 3.91. The van der Waals surface area contributed by atoms with Gasteiger partial charge in [0.2, 0.25) is 0 Å². The van der Waals surface area contributed by atoms with Crippen LogP contribution in [0.25, 0.3) is 10.9 Å². The van der Waals surface area contributed by atoms with Crippen molar-refractivity contribution in [3.63, 3.8) is 0 Å². The third-order valence-electron chi connectivity index (χ3n) is 3.88. The Labute approximate surface area is 160 Å². The summed E-state index contributed by atoms with van der Waals surface area (Å²) in [5.41, 5.74) is 1.56. The first kappa shape index (κ1) is 18.5. The molecule has 7 heteroatoms. The Morgan fingerprint density at radius 1 is 1.19 bits per heavy atom. The average molecular weight is 389 g/mol. The summed E-state index contributed by atoms with van der Waals surface area (Å²) in [5, 5.41) is 1.79. The Bertz CT molecular complexity index is 986. The van der Waals surface area contributed by atoms with Crippen molar-refractivity contribution in [2.24, 2.45) is 0 Å². The molecule has 134 valence electrons. The van der Waals surface area contributed by atoms with E-state index in [0.717, 1.165) is 5.56 Å². The quantitative estimate of drug-likeness (QED) is 0.364. The first-order valence-electron chi connectivity index (χ1n) is 8.02. The van der Waals surface area contributed by atoms with Crippen LogP contribution in [0.3, 0.4) is 0 Å². The fourth-order valence-corrected chi connectivity index (χ4v) is 3.60. The van der Waals surface area contributed by atoms with Gasteiger partial charge in [0, 0.05) is 17.3 Å². The summed E-state index contributed by atoms with van der Waals surface area (Å²) in [4.78, 5) is 29.0. The number of nitrogens with zero attached hydrogens (tertiary/aromatic N) is 2. The molecular weight excluding hydrogens is 372 g/mol. The predicted molar refractivity (Wildman–Crippen MR) is 104 cm³/mol. The highest BCUT2D eigenvalue weighted by Crippen LogP contribution is 2.23. The minimum absolute atomic E-state index is 0.116. The Hall–Kier alpha value is -2.31. The van der Waals surface area contributed by atoms with Crippen LogP contribution in [-0.2, 0) is 21.8 Å². The van der Waals surface area contributed by atoms with Crippen LogP contribution in [0.15, 0.2) is 58.5 Å². The molecule has 0 amide bonds. The van der Waals surface area contributed by atoms with Crippen molar-refractivity contribution in [2.75, 3.05) is 7.11 Å². The zero-order valence-corrected chi connectivity index (χ0v) is 15.7. The molecule has 5 nitrogen and oxygen atoms in total. The van der Waals surface area contributed by atoms with E-state index in [2.05, 4.69) is 9.72 Å². The van der Waals surface area contributed by atoms with Crippen LogP contribution in [0.4, 0.5) is 0 Å². The van der Waals surface area contributed by atoms with Crippen molar-refractivity contribution >= 4 is 40.2 Å². The fourth-order valence-electron chi connectivity index (χ4n) is 2.49. The maximum absolute atomic E-state index is 12.8. The number of aromatic nitrogens is 2. The number of carbonyl (C=O) groups is 1. The van der Waals surface area contributed by atoms with E-state index in [-0.39, 0.29) is 24.5 Å². The van der Waals surface area contributed by atoms with E-state index >= 15 is 0 Å². The molecule has 0 unspecified atom stereocenters. The molecule has 0 saturated carbocycles. The lowest BCUT2D eigenvalue weighted by atomic mass is 10.2. The van der Waals surface area contributed by atoms with Crippen LogP contribution in [-0.4, -0.2) is 22.6 Å². The van der Waals surface area contributed by atoms with Gasteiger partial charge >= 0.3 is 5.97 Å². The molecule has 3 rings (SSSR count). The summed E-state index contributed by atoms with van der Waals surface area (Å²) >= 11 is 7.37. The first-order valence-corrected chi connectivity index (χ1v) is 9.38. The molecule has 1 aromatic heterocycles. The van der Waals surface area contributed by atoms with Crippen LogP contribution in [0.5, 0.6) is 0 Å². The average Bonchev–Trinajstić information content (AvgIpc) is 2.66. The first-order chi connectivity index (χ1) is 12.6. The van der Waals surface area contributed by atoms with Crippen molar-refractivity contribution in [1.82, 2.24) is 9.55 Å². The molecule has 0 aliphatic rings. The standard InChI is InChI=1S/C19H17ClN2O3S/c1-25-17(23)10-11-22-18(24)15-4-2-3-5-16(15)21-19(22)26-12-13-6-8-14(20)9-7-13/h2-9H,10-12H2,1H3. The maximum Gasteiger partial charge on any atom is 0.307 e. The summed E-state index contributed by atoms with van der Waals surface area (Å²) < 4.78 is 6.23. The highest BCUT2D eigenvalue weighted by atomic mass is 35.5. The summed E-state index contributed by atoms with van der Waals surface area (Å²) in [6, 6.07) is 14.7. The van der Waals surface area contributed by atoms with Crippen molar-refractivity contribution < 1.29 is 9.53 Å². The molecule has 2 aromatic carbocycles. The van der Waals surface area contributed by atoms with Gasteiger partial charge in [0.25, 0.3) is 5.56 Å². The second kappa shape index (κ2) is 8.38. The smallest absolute Gasteiger partial charge is 0.307 e. The summed E-state index contributed by atoms with van der Waals surface area (Å²) in [6.07, 6.45) is 0.116. The molecule has 0 atom stereocenters. The number of benzene rings is 2. The summed E-state index contributed by atoms with van der Waals surface area (Å²) in [6.45, 7) is 0.228. The Kier molecular flexibility index (Phi) is 5.96. The molecule has 0 aliphatic heterocycles. The number of hydrogen-bond donors (Lipinski definition) is 0. The molecule has 0 radical (unpaired) electrons. The zero-order valence-electron chi connectivity index (χ0n) is 14.1. The number of halogens is 1. The van der Waals surface area contributed by atoms with E-state index in [1.807, 2.05) is 36.4 Å². The Morgan fingerprint density at radius 2 is 1.92 bits per heavy atom. The largest absolute Gasteiger partial charge is 0.469 e. The molecule has 0 bridgehead atoms. The lowest BCUT2D eigenvalue weighted by Crippen LogP contribution is -2.24. The van der Waals surface area contributed by atoms with Crippen molar-refractivity contribution in [1.29, 1.82) is 0 Å². The number of fused-ring (bicyclic) bond motifs is 1. The molecule has 0 aliphatic carbocycles. The van der Waals surface area contributed by atoms with E-state index in [0.29, 0.717) is 26.8 Å². The number of thioether (sulfide) groups is 1. The molecule has 3 aromatic rings. The van der Waals surface area contributed by atoms with Crippen LogP contribution < -0.4 is 5.56 Å². The van der Waals surface area contributed by atoms with Gasteiger partial charge in [0.05, 0.1) is 24.4 Å². The third-order valence-corrected chi connectivity index (χ3v) is 5.17. The van der Waals surface area contributed by atoms with E-state index in [1.54, 1.807) is 16.7 Å². The molecule has 0 saturated heterocycles. The zero-order chi connectivity index (χ0) is 18.5. The highest BCUT2D eigenvalue weighted by Gasteiger charge is 2.13. The van der Waals surface area contributed by atoms with Gasteiger partial charge in [-0.3, -0.25) is 14.2 Å². The van der Waals surface area contributed by atoms with Crippen LogP contribution in [0.1, 0.15) is 12.0 Å². The number of carbonyl (C=O) groups excluding carboxylic acids is 1. The van der Waals surface area contributed by atoms with Gasteiger partial charge in [-0.1, -0.05) is 47.6 Å². The monoisotopic (exact) mass is 388 g/mol. The molecular formula is C19H17ClN2O3S. The lowest BCUT2D eigenvalue weighted by molar-refractivity contribution is -0.140. The number of rotatable bonds is 6. The number of esters is 1. The van der Waals surface area contributed by atoms with Crippen molar-refractivity contribution in [3.8, 4) is 0 Å².